The molecule has 0 radical (unpaired) electrons. The molecule has 1 atom stereocenters. The number of nitrogens with one attached hydrogen (secondary N) is 2. The zero-order valence-electron chi connectivity index (χ0n) is 15.0. The summed E-state index contributed by atoms with van der Waals surface area (Å²) >= 11 is 0. The van der Waals surface area contributed by atoms with E-state index in [1.165, 1.54) is 0 Å². The molecule has 138 valence electrons. The monoisotopic (exact) mass is 367 g/mol. The minimum Gasteiger partial charge on any atom is -0.373 e. The molecule has 2 N–H and O–H groups in total. The van der Waals surface area contributed by atoms with Gasteiger partial charge in [-0.05, 0) is 49.8 Å². The highest BCUT2D eigenvalue weighted by Gasteiger charge is 2.23. The number of aryl methyl sites for hydroxylation is 1. The second kappa shape index (κ2) is 6.83. The summed E-state index contributed by atoms with van der Waals surface area (Å²) < 4.78 is 27.7. The molecular weight excluding hydrogens is 348 g/mol. The third-order valence-electron chi connectivity index (χ3n) is 4.69. The average molecular weight is 367 g/mol. The second-order valence-corrected chi connectivity index (χ2v) is 6.43. The lowest BCUT2D eigenvalue weighted by Gasteiger charge is -2.27. The fraction of sp³-hybridized carbons (Fsp3) is 0.200. The number of pyridine rings is 1. The van der Waals surface area contributed by atoms with E-state index in [1.54, 1.807) is 18.5 Å². The van der Waals surface area contributed by atoms with Gasteiger partial charge < -0.3 is 10.2 Å². The molecule has 1 aliphatic heterocycles. The highest BCUT2D eigenvalue weighted by atomic mass is 19.1. The van der Waals surface area contributed by atoms with Crippen molar-refractivity contribution in [2.75, 3.05) is 16.8 Å². The maximum Gasteiger partial charge on any atom is 0.132 e. The van der Waals surface area contributed by atoms with Crippen molar-refractivity contribution in [1.82, 2.24) is 15.2 Å². The summed E-state index contributed by atoms with van der Waals surface area (Å²) in [7, 11) is 0. The van der Waals surface area contributed by atoms with E-state index in [0.717, 1.165) is 47.4 Å². The van der Waals surface area contributed by atoms with E-state index in [0.29, 0.717) is 5.69 Å². The highest BCUT2D eigenvalue weighted by Crippen LogP contribution is 2.34. The Morgan fingerprint density at radius 2 is 2.07 bits per heavy atom. The Kier molecular flexibility index (Phi) is 4.35. The van der Waals surface area contributed by atoms with E-state index in [4.69, 9.17) is 0 Å². The Bertz CT molecular complexity index is 1010. The molecule has 0 spiro atoms. The van der Waals surface area contributed by atoms with Crippen molar-refractivity contribution in [2.24, 2.45) is 0 Å². The Hall–Kier alpha value is -3.22. The van der Waals surface area contributed by atoms with Crippen LogP contribution in [0.5, 0.6) is 0 Å². The molecule has 1 unspecified atom stereocenters. The number of hydrogen-bond donors (Lipinski definition) is 2. The molecule has 0 fully saturated rings. The van der Waals surface area contributed by atoms with Crippen LogP contribution in [0.3, 0.4) is 0 Å². The van der Waals surface area contributed by atoms with Gasteiger partial charge in [-0.25, -0.2) is 8.78 Å². The van der Waals surface area contributed by atoms with Gasteiger partial charge in [-0.2, -0.15) is 5.10 Å². The zero-order chi connectivity index (χ0) is 19.0. The summed E-state index contributed by atoms with van der Waals surface area (Å²) in [6.45, 7) is 4.83. The number of H-pyrrole nitrogens is 1. The van der Waals surface area contributed by atoms with E-state index < -0.39 is 11.6 Å². The normalized spacial score (nSPS) is 15.7. The van der Waals surface area contributed by atoms with E-state index in [9.17, 15) is 8.78 Å². The van der Waals surface area contributed by atoms with Gasteiger partial charge in [-0.3, -0.25) is 10.1 Å². The van der Waals surface area contributed by atoms with Crippen LogP contribution < -0.4 is 10.2 Å². The third kappa shape index (κ3) is 3.16. The zero-order valence-corrected chi connectivity index (χ0v) is 15.0. The number of benzene rings is 1. The maximum absolute atomic E-state index is 14.1. The maximum atomic E-state index is 14.1. The van der Waals surface area contributed by atoms with Gasteiger partial charge in [-0.15, -0.1) is 0 Å². The van der Waals surface area contributed by atoms with Crippen molar-refractivity contribution < 1.29 is 8.78 Å². The third-order valence-corrected chi connectivity index (χ3v) is 4.69. The summed E-state index contributed by atoms with van der Waals surface area (Å²) in [4.78, 5) is 6.37. The first kappa shape index (κ1) is 17.2. The Balaban J connectivity index is 1.68. The van der Waals surface area contributed by atoms with Crippen LogP contribution in [0, 0.1) is 18.6 Å². The fourth-order valence-corrected chi connectivity index (χ4v) is 3.20. The summed E-state index contributed by atoms with van der Waals surface area (Å²) in [6, 6.07) is 4.99. The molecule has 2 aromatic heterocycles. The Labute approximate surface area is 155 Å². The largest absolute Gasteiger partial charge is 0.373 e. The second-order valence-electron chi connectivity index (χ2n) is 6.43. The number of anilines is 2. The number of halogens is 2. The van der Waals surface area contributed by atoms with Crippen molar-refractivity contribution in [1.29, 1.82) is 0 Å². The first-order valence-corrected chi connectivity index (χ1v) is 8.73. The van der Waals surface area contributed by atoms with Crippen LogP contribution in [0.25, 0.3) is 11.3 Å². The van der Waals surface area contributed by atoms with Gasteiger partial charge in [0.05, 0.1) is 29.3 Å². The lowest BCUT2D eigenvalue weighted by Crippen LogP contribution is -2.23. The standard InChI is InChI=1S/C20H19F2N5/c1-3-27-7-6-16(20-19(27)11-24-26-20)25-17-9-18(23-10-12(17)2)14-8-13(21)4-5-15(14)22/h4-11,16H,3H2,1-2H3,(H,23,25)(H,24,26). The van der Waals surface area contributed by atoms with Gasteiger partial charge in [0, 0.05) is 30.2 Å². The lowest BCUT2D eigenvalue weighted by molar-refractivity contribution is 0.602. The molecule has 0 amide bonds. The molecule has 7 heteroatoms. The minimum atomic E-state index is -0.509. The summed E-state index contributed by atoms with van der Waals surface area (Å²) in [5.74, 6) is -1.01. The molecule has 27 heavy (non-hydrogen) atoms. The number of rotatable bonds is 4. The van der Waals surface area contributed by atoms with E-state index >= 15 is 0 Å². The predicted octanol–water partition coefficient (Wildman–Crippen LogP) is 4.57. The molecule has 0 saturated heterocycles. The number of nitrogens with zero attached hydrogens (tertiary/aromatic N) is 3. The SMILES string of the molecule is CCN1C=CC(Nc2cc(-c3cc(F)ccc3F)ncc2C)c2[nH]ncc21. The summed E-state index contributed by atoms with van der Waals surface area (Å²) in [5, 5.41) is 10.6. The van der Waals surface area contributed by atoms with Crippen LogP contribution in [0.1, 0.15) is 24.2 Å². The fourth-order valence-electron chi connectivity index (χ4n) is 3.20. The lowest BCUT2D eigenvalue weighted by atomic mass is 10.1. The topological polar surface area (TPSA) is 56.8 Å². The first-order valence-electron chi connectivity index (χ1n) is 8.73. The number of aromatic amines is 1. The van der Waals surface area contributed by atoms with Crippen molar-refractivity contribution in [3.63, 3.8) is 0 Å². The van der Waals surface area contributed by atoms with Gasteiger partial charge in [0.1, 0.15) is 11.6 Å². The van der Waals surface area contributed by atoms with Crippen LogP contribution in [0.2, 0.25) is 0 Å². The molecule has 0 bridgehead atoms. The van der Waals surface area contributed by atoms with E-state index in [-0.39, 0.29) is 11.6 Å². The number of fused-ring (bicyclic) bond motifs is 1. The van der Waals surface area contributed by atoms with Gasteiger partial charge in [0.2, 0.25) is 0 Å². The van der Waals surface area contributed by atoms with Crippen LogP contribution in [0.15, 0.2) is 48.9 Å². The highest BCUT2D eigenvalue weighted by molar-refractivity contribution is 5.68. The first-order chi connectivity index (χ1) is 13.1. The molecule has 0 aliphatic carbocycles. The average Bonchev–Trinajstić information content (AvgIpc) is 3.16. The summed E-state index contributed by atoms with van der Waals surface area (Å²) in [6.07, 6.45) is 7.50. The molecule has 1 aliphatic rings. The molecule has 3 heterocycles. The molecule has 4 rings (SSSR count). The molecule has 5 nitrogen and oxygen atoms in total. The van der Waals surface area contributed by atoms with Crippen molar-refractivity contribution in [2.45, 2.75) is 19.9 Å². The number of hydrogen-bond acceptors (Lipinski definition) is 4. The van der Waals surface area contributed by atoms with Crippen molar-refractivity contribution >= 4 is 11.4 Å². The van der Waals surface area contributed by atoms with E-state index in [1.807, 2.05) is 19.2 Å². The summed E-state index contributed by atoms with van der Waals surface area (Å²) in [5.41, 5.74) is 4.18. The minimum absolute atomic E-state index is 0.114. The molecule has 3 aromatic rings. The van der Waals surface area contributed by atoms with Crippen LogP contribution in [0.4, 0.5) is 20.2 Å². The van der Waals surface area contributed by atoms with E-state index in [2.05, 4.69) is 32.3 Å². The molecular formula is C20H19F2N5. The van der Waals surface area contributed by atoms with Gasteiger partial charge >= 0.3 is 0 Å². The quantitative estimate of drug-likeness (QED) is 0.709. The Morgan fingerprint density at radius 1 is 1.22 bits per heavy atom. The predicted molar refractivity (Wildman–Crippen MR) is 101 cm³/mol. The van der Waals surface area contributed by atoms with Gasteiger partial charge in [0.25, 0.3) is 0 Å². The Morgan fingerprint density at radius 3 is 2.89 bits per heavy atom. The smallest absolute Gasteiger partial charge is 0.132 e. The number of aromatic nitrogens is 3. The molecule has 0 saturated carbocycles. The molecule has 1 aromatic carbocycles. The van der Waals surface area contributed by atoms with Crippen LogP contribution in [-0.2, 0) is 0 Å². The van der Waals surface area contributed by atoms with Crippen LogP contribution in [-0.4, -0.2) is 21.7 Å². The van der Waals surface area contributed by atoms with Gasteiger partial charge in [0.15, 0.2) is 0 Å². The van der Waals surface area contributed by atoms with Crippen molar-refractivity contribution in [3.8, 4) is 11.3 Å². The van der Waals surface area contributed by atoms with Gasteiger partial charge in [-0.1, -0.05) is 0 Å². The van der Waals surface area contributed by atoms with Crippen molar-refractivity contribution in [3.05, 3.63) is 71.8 Å². The van der Waals surface area contributed by atoms with Crippen LogP contribution >= 0.6 is 0 Å².